The Labute approximate surface area is 140 Å². The van der Waals surface area contributed by atoms with Crippen LogP contribution in [-0.2, 0) is 0 Å². The molecule has 126 valence electrons. The van der Waals surface area contributed by atoms with Crippen molar-refractivity contribution in [2.75, 3.05) is 6.61 Å². The minimum atomic E-state index is -0.345. The summed E-state index contributed by atoms with van der Waals surface area (Å²) in [4.78, 5) is 7.11. The van der Waals surface area contributed by atoms with E-state index in [1.165, 1.54) is 12.3 Å². The molecule has 3 N–H and O–H groups in total. The normalized spacial score (nSPS) is 12.7. The summed E-state index contributed by atoms with van der Waals surface area (Å²) in [7, 11) is 0. The van der Waals surface area contributed by atoms with Crippen LogP contribution >= 0.6 is 0 Å². The molecule has 1 atom stereocenters. The second kappa shape index (κ2) is 7.01. The lowest BCUT2D eigenvalue weighted by Gasteiger charge is -2.15. The van der Waals surface area contributed by atoms with Crippen LogP contribution in [0.1, 0.15) is 20.3 Å². The van der Waals surface area contributed by atoms with E-state index in [1.54, 1.807) is 0 Å². The van der Waals surface area contributed by atoms with E-state index >= 15 is 0 Å². The molecular weight excluding hydrogens is 305 g/mol. The highest BCUT2D eigenvalue weighted by Gasteiger charge is 2.09. The predicted octanol–water partition coefficient (Wildman–Crippen LogP) is 4.12. The molecule has 0 radical (unpaired) electrons. The molecule has 2 aromatic heterocycles. The molecule has 5 heteroatoms. The van der Waals surface area contributed by atoms with Gasteiger partial charge in [-0.05, 0) is 36.1 Å². The summed E-state index contributed by atoms with van der Waals surface area (Å²) >= 11 is 0. The third-order valence-electron chi connectivity index (χ3n) is 3.90. The Morgan fingerprint density at radius 1 is 1.25 bits per heavy atom. The molecular formula is C19H22FN3O. The van der Waals surface area contributed by atoms with E-state index in [9.17, 15) is 4.39 Å². The molecule has 24 heavy (non-hydrogen) atoms. The number of H-pyrrole nitrogens is 1. The summed E-state index contributed by atoms with van der Waals surface area (Å²) in [6.45, 7) is 4.79. The summed E-state index contributed by atoms with van der Waals surface area (Å²) in [5, 5.41) is 0.766. The number of pyridine rings is 1. The van der Waals surface area contributed by atoms with E-state index in [4.69, 9.17) is 10.5 Å². The van der Waals surface area contributed by atoms with Gasteiger partial charge in [-0.2, -0.15) is 0 Å². The number of aromatic nitrogens is 2. The maximum absolute atomic E-state index is 13.4. The Morgan fingerprint density at radius 3 is 2.71 bits per heavy atom. The summed E-state index contributed by atoms with van der Waals surface area (Å²) in [6.07, 6.45) is 3.98. The van der Waals surface area contributed by atoms with E-state index < -0.39 is 0 Å². The van der Waals surface area contributed by atoms with E-state index in [-0.39, 0.29) is 11.9 Å². The number of benzene rings is 1. The average molecular weight is 327 g/mol. The molecule has 0 amide bonds. The Morgan fingerprint density at radius 2 is 2.00 bits per heavy atom. The second-order valence-electron chi connectivity index (χ2n) is 6.48. The lowest BCUT2D eigenvalue weighted by Crippen LogP contribution is -2.29. The monoisotopic (exact) mass is 327 g/mol. The zero-order valence-corrected chi connectivity index (χ0v) is 13.9. The Hall–Kier alpha value is -2.40. The van der Waals surface area contributed by atoms with Gasteiger partial charge in [-0.3, -0.25) is 0 Å². The first-order chi connectivity index (χ1) is 11.5. The third-order valence-corrected chi connectivity index (χ3v) is 3.90. The molecule has 0 saturated carbocycles. The first-order valence-electron chi connectivity index (χ1n) is 8.14. The topological polar surface area (TPSA) is 63.9 Å². The summed E-state index contributed by atoms with van der Waals surface area (Å²) < 4.78 is 19.2. The maximum atomic E-state index is 13.4. The van der Waals surface area contributed by atoms with Crippen molar-refractivity contribution in [2.24, 2.45) is 11.7 Å². The summed E-state index contributed by atoms with van der Waals surface area (Å²) in [5.74, 6) is 0.992. The van der Waals surface area contributed by atoms with Gasteiger partial charge >= 0.3 is 0 Å². The molecule has 0 bridgehead atoms. The lowest BCUT2D eigenvalue weighted by atomic mass is 10.1. The van der Waals surface area contributed by atoms with Gasteiger partial charge in [-0.1, -0.05) is 26.0 Å². The Kier molecular flexibility index (Phi) is 4.81. The Bertz CT molecular complexity index is 811. The lowest BCUT2D eigenvalue weighted by molar-refractivity contribution is 0.271. The van der Waals surface area contributed by atoms with Crippen molar-refractivity contribution in [1.29, 1.82) is 0 Å². The van der Waals surface area contributed by atoms with Gasteiger partial charge in [0, 0.05) is 23.2 Å². The van der Waals surface area contributed by atoms with Crippen molar-refractivity contribution in [3.8, 4) is 16.9 Å². The molecule has 3 aromatic rings. The summed E-state index contributed by atoms with van der Waals surface area (Å²) in [6, 6.07) is 9.25. The molecule has 0 saturated heterocycles. The number of halogens is 1. The molecule has 0 aliphatic heterocycles. The van der Waals surface area contributed by atoms with E-state index in [0.29, 0.717) is 18.2 Å². The number of hydrogen-bond donors (Lipinski definition) is 2. The fraction of sp³-hybridized carbons (Fsp3) is 0.316. The molecule has 2 heterocycles. The SMILES string of the molecule is CC(C)C[C@H](N)COc1ccc(-c2c[nH]c3ncc(F)cc23)cc1. The van der Waals surface area contributed by atoms with E-state index in [0.717, 1.165) is 28.7 Å². The number of hydrogen-bond acceptors (Lipinski definition) is 3. The van der Waals surface area contributed by atoms with E-state index in [1.807, 2.05) is 30.5 Å². The van der Waals surface area contributed by atoms with E-state index in [2.05, 4.69) is 23.8 Å². The number of ether oxygens (including phenoxy) is 1. The molecule has 4 nitrogen and oxygen atoms in total. The Balaban J connectivity index is 1.73. The van der Waals surface area contributed by atoms with Crippen LogP contribution in [0.15, 0.2) is 42.7 Å². The van der Waals surface area contributed by atoms with Crippen LogP contribution in [-0.4, -0.2) is 22.6 Å². The van der Waals surface area contributed by atoms with Crippen LogP contribution in [0.3, 0.4) is 0 Å². The van der Waals surface area contributed by atoms with Crippen LogP contribution in [0.25, 0.3) is 22.2 Å². The van der Waals surface area contributed by atoms with Gasteiger partial charge in [0.25, 0.3) is 0 Å². The van der Waals surface area contributed by atoms with Crippen LogP contribution in [0.4, 0.5) is 4.39 Å². The molecule has 0 unspecified atom stereocenters. The smallest absolute Gasteiger partial charge is 0.142 e. The van der Waals surface area contributed by atoms with Crippen LogP contribution in [0.5, 0.6) is 5.75 Å². The molecule has 0 aliphatic carbocycles. The number of nitrogens with zero attached hydrogens (tertiary/aromatic N) is 1. The number of fused-ring (bicyclic) bond motifs is 1. The van der Waals surface area contributed by atoms with Crippen LogP contribution in [0, 0.1) is 11.7 Å². The van der Waals surface area contributed by atoms with Gasteiger partial charge in [-0.15, -0.1) is 0 Å². The van der Waals surface area contributed by atoms with Crippen molar-refractivity contribution in [3.05, 3.63) is 48.5 Å². The average Bonchev–Trinajstić information content (AvgIpc) is 2.96. The van der Waals surface area contributed by atoms with Crippen molar-refractivity contribution in [1.82, 2.24) is 9.97 Å². The van der Waals surface area contributed by atoms with Crippen molar-refractivity contribution in [2.45, 2.75) is 26.3 Å². The highest BCUT2D eigenvalue weighted by atomic mass is 19.1. The highest BCUT2D eigenvalue weighted by molar-refractivity contribution is 5.93. The minimum absolute atomic E-state index is 0.0346. The first kappa shape index (κ1) is 16.5. The maximum Gasteiger partial charge on any atom is 0.142 e. The van der Waals surface area contributed by atoms with Crippen LogP contribution in [0.2, 0.25) is 0 Å². The number of rotatable bonds is 6. The number of nitrogens with two attached hydrogens (primary N) is 1. The van der Waals surface area contributed by atoms with Gasteiger partial charge in [0.15, 0.2) is 0 Å². The third kappa shape index (κ3) is 3.74. The van der Waals surface area contributed by atoms with Gasteiger partial charge in [0.05, 0.1) is 6.20 Å². The number of aromatic amines is 1. The fourth-order valence-electron chi connectivity index (χ4n) is 2.82. The number of nitrogens with one attached hydrogen (secondary N) is 1. The van der Waals surface area contributed by atoms with Crippen molar-refractivity contribution >= 4 is 11.0 Å². The second-order valence-corrected chi connectivity index (χ2v) is 6.48. The standard InChI is InChI=1S/C19H22FN3O/c1-12(2)7-15(21)11-24-16-5-3-13(4-6-16)18-10-23-19-17(18)8-14(20)9-22-19/h3-6,8-10,12,15H,7,11,21H2,1-2H3,(H,22,23)/t15-/m0/s1. The largest absolute Gasteiger partial charge is 0.492 e. The van der Waals surface area contributed by atoms with Gasteiger partial charge in [-0.25, -0.2) is 9.37 Å². The quantitative estimate of drug-likeness (QED) is 0.716. The fourth-order valence-corrected chi connectivity index (χ4v) is 2.82. The zero-order valence-electron chi connectivity index (χ0n) is 13.9. The summed E-state index contributed by atoms with van der Waals surface area (Å²) in [5.41, 5.74) is 8.60. The van der Waals surface area contributed by atoms with Gasteiger partial charge < -0.3 is 15.5 Å². The predicted molar refractivity (Wildman–Crippen MR) is 94.4 cm³/mol. The minimum Gasteiger partial charge on any atom is -0.492 e. The molecule has 1 aromatic carbocycles. The van der Waals surface area contributed by atoms with Crippen LogP contribution < -0.4 is 10.5 Å². The molecule has 0 aliphatic rings. The highest BCUT2D eigenvalue weighted by Crippen LogP contribution is 2.29. The zero-order chi connectivity index (χ0) is 17.1. The first-order valence-corrected chi connectivity index (χ1v) is 8.14. The van der Waals surface area contributed by atoms with Crippen molar-refractivity contribution in [3.63, 3.8) is 0 Å². The van der Waals surface area contributed by atoms with Gasteiger partial charge in [0.2, 0.25) is 0 Å². The molecule has 0 spiro atoms. The molecule has 0 fully saturated rings. The molecule has 3 rings (SSSR count). The van der Waals surface area contributed by atoms with Crippen molar-refractivity contribution < 1.29 is 9.13 Å². The van der Waals surface area contributed by atoms with Gasteiger partial charge in [0.1, 0.15) is 23.8 Å².